The molecule has 5 heterocycles. The molecule has 0 amide bonds. The average Bonchev–Trinajstić information content (AvgIpc) is 3.38. The molecule has 0 radical (unpaired) electrons. The lowest BCUT2D eigenvalue weighted by atomic mass is 9.91. The van der Waals surface area contributed by atoms with Crippen LogP contribution in [-0.4, -0.2) is 14.1 Å². The average molecular weight is 516 g/mol. The molecule has 0 aliphatic carbocycles. The predicted molar refractivity (Wildman–Crippen MR) is 160 cm³/mol. The van der Waals surface area contributed by atoms with Gasteiger partial charge in [-0.2, -0.15) is 0 Å². The van der Waals surface area contributed by atoms with Gasteiger partial charge in [-0.1, -0.05) is 20.9 Å². The van der Waals surface area contributed by atoms with Crippen molar-refractivity contribution in [2.75, 3.05) is 0 Å². The minimum absolute atomic E-state index is 0. The molecule has 38 heavy (non-hydrogen) atoms. The molecule has 0 unspecified atom stereocenters. The van der Waals surface area contributed by atoms with Crippen LogP contribution < -0.4 is 9.13 Å². The molecule has 0 saturated heterocycles. The molecule has 1 aromatic carbocycles. The summed E-state index contributed by atoms with van der Waals surface area (Å²) in [5.74, 6) is 2.63. The number of pyridine rings is 1. The molecule has 5 nitrogen and oxygen atoms in total. The fourth-order valence-electron chi connectivity index (χ4n) is 6.62. The van der Waals surface area contributed by atoms with Gasteiger partial charge >= 0.3 is 0 Å². The second kappa shape index (κ2) is 9.21. The van der Waals surface area contributed by atoms with Gasteiger partial charge in [0.25, 0.3) is 11.6 Å². The van der Waals surface area contributed by atoms with Gasteiger partial charge in [-0.05, 0) is 65.3 Å². The second-order valence-corrected chi connectivity index (χ2v) is 11.7. The number of benzene rings is 1. The zero-order valence-electron chi connectivity index (χ0n) is 24.1. The zero-order valence-corrected chi connectivity index (χ0v) is 24.1. The Balaban J connectivity index is 0.000000211. The third-order valence-electron chi connectivity index (χ3n) is 9.37. The van der Waals surface area contributed by atoms with Crippen LogP contribution in [0.5, 0.6) is 0 Å². The molecular formula is C33H49N5+2. The van der Waals surface area contributed by atoms with E-state index in [1.807, 2.05) is 12.3 Å². The first kappa shape index (κ1) is 29.3. The minimum Gasteiger partial charge on any atom is -0.256 e. The van der Waals surface area contributed by atoms with E-state index < -0.39 is 0 Å². The first-order valence-electron chi connectivity index (χ1n) is 13.0. The van der Waals surface area contributed by atoms with Crippen molar-refractivity contribution in [2.45, 2.75) is 95.2 Å². The summed E-state index contributed by atoms with van der Waals surface area (Å²) in [6.45, 7) is 22.5. The molecule has 2 aliphatic heterocycles. The Bertz CT molecular complexity index is 1600. The van der Waals surface area contributed by atoms with Crippen molar-refractivity contribution < 1.29 is 9.13 Å². The minimum atomic E-state index is -0.0230. The Morgan fingerprint density at radius 2 is 1.26 bits per heavy atom. The summed E-state index contributed by atoms with van der Waals surface area (Å²) < 4.78 is 9.49. The highest BCUT2D eigenvalue weighted by molar-refractivity contribution is 5.86. The zero-order chi connectivity index (χ0) is 26.5. The van der Waals surface area contributed by atoms with Gasteiger partial charge in [0.15, 0.2) is 11.4 Å². The van der Waals surface area contributed by atoms with Crippen LogP contribution >= 0.6 is 0 Å². The SMILES string of the molecule is C.C.CC1=C(C)C(C)(C)[n+]2c1c(C)n(C)c2C.Cc1c2[n+](c(C)n1C)C(C)(C)c1cc3cccnc3cc1-2. The number of allylic oxidation sites excluding steroid dienone is 2. The molecule has 2 aliphatic rings. The smallest absolute Gasteiger partial charge is 0.254 e. The van der Waals surface area contributed by atoms with Gasteiger partial charge in [0, 0.05) is 56.0 Å². The number of imidazole rings is 2. The van der Waals surface area contributed by atoms with Crippen molar-refractivity contribution in [3.05, 3.63) is 70.3 Å². The monoisotopic (exact) mass is 515 g/mol. The summed E-state index contributed by atoms with van der Waals surface area (Å²) in [6.07, 6.45) is 1.87. The Labute approximate surface area is 230 Å². The highest BCUT2D eigenvalue weighted by Crippen LogP contribution is 2.41. The van der Waals surface area contributed by atoms with Gasteiger partial charge < -0.3 is 0 Å². The topological polar surface area (TPSA) is 30.5 Å². The van der Waals surface area contributed by atoms with E-state index in [1.165, 1.54) is 62.1 Å². The van der Waals surface area contributed by atoms with Gasteiger partial charge in [-0.25, -0.2) is 18.3 Å². The second-order valence-electron chi connectivity index (χ2n) is 11.7. The molecule has 0 atom stereocenters. The van der Waals surface area contributed by atoms with Gasteiger partial charge in [0.1, 0.15) is 22.5 Å². The Morgan fingerprint density at radius 3 is 1.82 bits per heavy atom. The first-order chi connectivity index (χ1) is 16.7. The third kappa shape index (κ3) is 3.61. The molecule has 0 spiro atoms. The summed E-state index contributed by atoms with van der Waals surface area (Å²) in [4.78, 5) is 4.52. The predicted octanol–water partition coefficient (Wildman–Crippen LogP) is 6.99. The van der Waals surface area contributed by atoms with Crippen LogP contribution in [0.3, 0.4) is 0 Å². The summed E-state index contributed by atoms with van der Waals surface area (Å²) in [5, 5.41) is 1.22. The fraction of sp³-hybridized carbons (Fsp3) is 0.485. The maximum atomic E-state index is 4.52. The lowest BCUT2D eigenvalue weighted by molar-refractivity contribution is -0.749. The molecule has 3 aromatic heterocycles. The van der Waals surface area contributed by atoms with Gasteiger partial charge in [0.05, 0.1) is 19.6 Å². The Hall–Kier alpha value is -3.21. The van der Waals surface area contributed by atoms with E-state index in [1.54, 1.807) is 0 Å². The molecule has 0 N–H and O–H groups in total. The normalized spacial score (nSPS) is 15.8. The van der Waals surface area contributed by atoms with Crippen LogP contribution in [0, 0.1) is 27.7 Å². The molecule has 6 rings (SSSR count). The van der Waals surface area contributed by atoms with Crippen molar-refractivity contribution >= 4 is 16.5 Å². The summed E-state index contributed by atoms with van der Waals surface area (Å²) in [5.41, 5.74) is 12.3. The maximum absolute atomic E-state index is 4.52. The largest absolute Gasteiger partial charge is 0.256 e. The van der Waals surface area contributed by atoms with E-state index in [0.717, 1.165) is 5.52 Å². The third-order valence-corrected chi connectivity index (χ3v) is 9.37. The number of nitrogens with zero attached hydrogens (tertiary/aromatic N) is 5. The van der Waals surface area contributed by atoms with Crippen molar-refractivity contribution in [3.8, 4) is 11.3 Å². The summed E-state index contributed by atoms with van der Waals surface area (Å²) in [6, 6.07) is 8.71. The van der Waals surface area contributed by atoms with Crippen LogP contribution in [-0.2, 0) is 25.2 Å². The Morgan fingerprint density at radius 1 is 0.737 bits per heavy atom. The van der Waals surface area contributed by atoms with Gasteiger partial charge in [-0.3, -0.25) is 4.98 Å². The van der Waals surface area contributed by atoms with E-state index >= 15 is 0 Å². The van der Waals surface area contributed by atoms with E-state index in [2.05, 4.69) is 125 Å². The number of hydrogen-bond donors (Lipinski definition) is 0. The van der Waals surface area contributed by atoms with E-state index in [-0.39, 0.29) is 25.9 Å². The van der Waals surface area contributed by atoms with Crippen LogP contribution in [0.1, 0.15) is 90.7 Å². The number of fused-ring (bicyclic) bond motifs is 5. The fourth-order valence-corrected chi connectivity index (χ4v) is 6.62. The summed E-state index contributed by atoms with van der Waals surface area (Å²) >= 11 is 0. The van der Waals surface area contributed by atoms with Crippen LogP contribution in [0.4, 0.5) is 0 Å². The molecule has 0 bridgehead atoms. The molecular weight excluding hydrogens is 466 g/mol. The van der Waals surface area contributed by atoms with Gasteiger partial charge in [0.2, 0.25) is 0 Å². The number of hydrogen-bond acceptors (Lipinski definition) is 1. The van der Waals surface area contributed by atoms with Crippen LogP contribution in [0.15, 0.2) is 36.0 Å². The van der Waals surface area contributed by atoms with E-state index in [9.17, 15) is 0 Å². The van der Waals surface area contributed by atoms with Crippen molar-refractivity contribution in [2.24, 2.45) is 14.1 Å². The van der Waals surface area contributed by atoms with E-state index in [4.69, 9.17) is 0 Å². The molecule has 0 saturated carbocycles. The van der Waals surface area contributed by atoms with Crippen molar-refractivity contribution in [3.63, 3.8) is 0 Å². The molecule has 5 heteroatoms. The molecule has 0 fully saturated rings. The highest BCUT2D eigenvalue weighted by Gasteiger charge is 2.45. The first-order valence-corrected chi connectivity index (χ1v) is 13.0. The quantitative estimate of drug-likeness (QED) is 0.232. The highest BCUT2D eigenvalue weighted by atomic mass is 15.2. The lowest BCUT2D eigenvalue weighted by Gasteiger charge is -2.19. The lowest BCUT2D eigenvalue weighted by Crippen LogP contribution is -2.53. The summed E-state index contributed by atoms with van der Waals surface area (Å²) in [7, 11) is 4.29. The van der Waals surface area contributed by atoms with Crippen LogP contribution in [0.2, 0.25) is 0 Å². The number of aromatic nitrogens is 5. The molecule has 204 valence electrons. The maximum Gasteiger partial charge on any atom is 0.254 e. The molecule has 4 aromatic rings. The Kier molecular flexibility index (Phi) is 7.12. The van der Waals surface area contributed by atoms with Gasteiger partial charge in [-0.15, -0.1) is 0 Å². The van der Waals surface area contributed by atoms with Crippen molar-refractivity contribution in [1.29, 1.82) is 0 Å². The standard InChI is InChI=1S/C18H20N3.C13H21N2.2CH4/c1-11-17-14-10-16-13(7-6-8-19-16)9-15(14)18(3,4)21(17)12(2)20(11)5;1-8-9(2)13(5,6)15-11(4)14(7)10(3)12(8)15;;/h6-10H,1-5H3;1-7H3;2*1H4/q2*+1;;. The van der Waals surface area contributed by atoms with Crippen molar-refractivity contribution in [1.82, 2.24) is 14.1 Å². The van der Waals surface area contributed by atoms with Crippen LogP contribution in [0.25, 0.3) is 27.7 Å². The number of rotatable bonds is 0. The van der Waals surface area contributed by atoms with E-state index in [0.29, 0.717) is 0 Å².